The van der Waals surface area contributed by atoms with E-state index in [2.05, 4.69) is 5.32 Å². The van der Waals surface area contributed by atoms with Gasteiger partial charge in [-0.2, -0.15) is 13.2 Å². The van der Waals surface area contributed by atoms with E-state index in [-0.39, 0.29) is 24.6 Å². The molecule has 0 heterocycles. The lowest BCUT2D eigenvalue weighted by molar-refractivity contribution is -0.137. The second-order valence-corrected chi connectivity index (χ2v) is 6.38. The molecule has 0 aliphatic carbocycles. The minimum Gasteiger partial charge on any atom is -0.326 e. The van der Waals surface area contributed by atoms with Gasteiger partial charge in [0.1, 0.15) is 0 Å². The average Bonchev–Trinajstić information content (AvgIpc) is 2.57. The molecule has 0 bridgehead atoms. The molecule has 2 aromatic carbocycles. The van der Waals surface area contributed by atoms with Crippen LogP contribution in [0.15, 0.2) is 42.5 Å². The summed E-state index contributed by atoms with van der Waals surface area (Å²) < 4.78 is 37.6. The van der Waals surface area contributed by atoms with Gasteiger partial charge in [0.2, 0.25) is 11.8 Å². The number of nitrogens with zero attached hydrogens (tertiary/aromatic N) is 1. The van der Waals surface area contributed by atoms with Crippen molar-refractivity contribution >= 4 is 34.8 Å². The third-order valence-corrected chi connectivity index (χ3v) is 4.31. The Kier molecular flexibility index (Phi) is 6.49. The highest BCUT2D eigenvalue weighted by molar-refractivity contribution is 6.31. The van der Waals surface area contributed by atoms with Gasteiger partial charge in [0, 0.05) is 36.3 Å². The third kappa shape index (κ3) is 5.72. The predicted molar refractivity (Wildman–Crippen MR) is 98.9 cm³/mol. The SMILES string of the molecule is CC(=O)N(CCC(=O)Nc1ccc(C(F)(F)F)cc1)c1ccc(C)c(Cl)c1. The summed E-state index contributed by atoms with van der Waals surface area (Å²) in [6.45, 7) is 3.32. The van der Waals surface area contributed by atoms with Crippen LogP contribution >= 0.6 is 11.6 Å². The van der Waals surface area contributed by atoms with Gasteiger partial charge in [-0.05, 0) is 48.9 Å². The Morgan fingerprint density at radius 3 is 2.26 bits per heavy atom. The Balaban J connectivity index is 1.99. The number of halogens is 4. The second kappa shape index (κ2) is 8.43. The molecule has 0 saturated heterocycles. The molecule has 0 atom stereocenters. The maximum Gasteiger partial charge on any atom is 0.416 e. The molecule has 0 unspecified atom stereocenters. The summed E-state index contributed by atoms with van der Waals surface area (Å²) in [5.41, 5.74) is 0.893. The van der Waals surface area contributed by atoms with Crippen LogP contribution in [0.25, 0.3) is 0 Å². The fourth-order valence-electron chi connectivity index (χ4n) is 2.40. The number of aryl methyl sites for hydroxylation is 1. The first-order valence-corrected chi connectivity index (χ1v) is 8.47. The first kappa shape index (κ1) is 20.8. The lowest BCUT2D eigenvalue weighted by Crippen LogP contribution is -2.32. The number of carbonyl (C=O) groups is 2. The van der Waals surface area contributed by atoms with Gasteiger partial charge in [0.15, 0.2) is 0 Å². The lowest BCUT2D eigenvalue weighted by Gasteiger charge is -2.21. The maximum absolute atomic E-state index is 12.5. The molecular weight excluding hydrogens is 381 g/mol. The van der Waals surface area contributed by atoms with E-state index < -0.39 is 17.6 Å². The molecule has 0 spiro atoms. The highest BCUT2D eigenvalue weighted by atomic mass is 35.5. The van der Waals surface area contributed by atoms with Crippen molar-refractivity contribution in [2.45, 2.75) is 26.4 Å². The average molecular weight is 399 g/mol. The number of rotatable bonds is 5. The molecule has 0 radical (unpaired) electrons. The van der Waals surface area contributed by atoms with Gasteiger partial charge in [-0.3, -0.25) is 9.59 Å². The predicted octanol–water partition coefficient (Wildman–Crippen LogP) is 5.05. The zero-order valence-corrected chi connectivity index (χ0v) is 15.5. The van der Waals surface area contributed by atoms with Gasteiger partial charge in [0.05, 0.1) is 5.56 Å². The summed E-state index contributed by atoms with van der Waals surface area (Å²) in [7, 11) is 0. The van der Waals surface area contributed by atoms with E-state index in [9.17, 15) is 22.8 Å². The van der Waals surface area contributed by atoms with Crippen LogP contribution in [0.3, 0.4) is 0 Å². The quantitative estimate of drug-likeness (QED) is 0.766. The molecule has 0 aromatic heterocycles. The van der Waals surface area contributed by atoms with Gasteiger partial charge < -0.3 is 10.2 Å². The summed E-state index contributed by atoms with van der Waals surface area (Å²) in [6, 6.07) is 9.31. The zero-order chi connectivity index (χ0) is 20.2. The highest BCUT2D eigenvalue weighted by Gasteiger charge is 2.30. The zero-order valence-electron chi connectivity index (χ0n) is 14.7. The Morgan fingerprint density at radius 1 is 1.11 bits per heavy atom. The molecule has 144 valence electrons. The number of nitrogens with one attached hydrogen (secondary N) is 1. The minimum absolute atomic E-state index is 0.0217. The van der Waals surface area contributed by atoms with E-state index in [4.69, 9.17) is 11.6 Å². The van der Waals surface area contributed by atoms with Crippen molar-refractivity contribution in [3.63, 3.8) is 0 Å². The van der Waals surface area contributed by atoms with Crippen molar-refractivity contribution in [2.75, 3.05) is 16.8 Å². The second-order valence-electron chi connectivity index (χ2n) is 5.98. The van der Waals surface area contributed by atoms with Gasteiger partial charge in [-0.15, -0.1) is 0 Å². The smallest absolute Gasteiger partial charge is 0.326 e. The van der Waals surface area contributed by atoms with Crippen molar-refractivity contribution < 1.29 is 22.8 Å². The van der Waals surface area contributed by atoms with Crippen LogP contribution in [-0.4, -0.2) is 18.4 Å². The molecule has 0 saturated carbocycles. The molecule has 2 amide bonds. The fraction of sp³-hybridized carbons (Fsp3) is 0.263. The van der Waals surface area contributed by atoms with Crippen molar-refractivity contribution in [1.29, 1.82) is 0 Å². The normalized spacial score (nSPS) is 11.2. The van der Waals surface area contributed by atoms with E-state index in [1.165, 1.54) is 24.0 Å². The fourth-order valence-corrected chi connectivity index (χ4v) is 2.57. The molecule has 2 aromatic rings. The summed E-state index contributed by atoms with van der Waals surface area (Å²) in [4.78, 5) is 25.4. The summed E-state index contributed by atoms with van der Waals surface area (Å²) >= 11 is 6.08. The van der Waals surface area contributed by atoms with Crippen molar-refractivity contribution in [3.8, 4) is 0 Å². The monoisotopic (exact) mass is 398 g/mol. The lowest BCUT2D eigenvalue weighted by atomic mass is 10.2. The van der Waals surface area contributed by atoms with Crippen LogP contribution < -0.4 is 10.2 Å². The van der Waals surface area contributed by atoms with Gasteiger partial charge in [-0.1, -0.05) is 17.7 Å². The number of alkyl halides is 3. The first-order chi connectivity index (χ1) is 12.6. The standard InChI is InChI=1S/C19H18ClF3N2O2/c1-12-3-8-16(11-17(12)20)25(13(2)26)10-9-18(27)24-15-6-4-14(5-7-15)19(21,22)23/h3-8,11H,9-10H2,1-2H3,(H,24,27). The van der Waals surface area contributed by atoms with E-state index in [1.807, 2.05) is 6.92 Å². The summed E-state index contributed by atoms with van der Waals surface area (Å²) in [6.07, 6.45) is -4.45. The topological polar surface area (TPSA) is 49.4 Å². The number of amides is 2. The minimum atomic E-state index is -4.43. The van der Waals surface area contributed by atoms with Crippen LogP contribution in [0.4, 0.5) is 24.5 Å². The van der Waals surface area contributed by atoms with Crippen LogP contribution in [0.2, 0.25) is 5.02 Å². The number of carbonyl (C=O) groups excluding carboxylic acids is 2. The molecular formula is C19H18ClF3N2O2. The van der Waals surface area contributed by atoms with E-state index in [0.717, 1.165) is 17.7 Å². The summed E-state index contributed by atoms with van der Waals surface area (Å²) in [5, 5.41) is 3.02. The largest absolute Gasteiger partial charge is 0.416 e. The van der Waals surface area contributed by atoms with Crippen LogP contribution in [-0.2, 0) is 15.8 Å². The van der Waals surface area contributed by atoms with E-state index in [0.29, 0.717) is 10.7 Å². The van der Waals surface area contributed by atoms with Gasteiger partial charge in [0.25, 0.3) is 0 Å². The maximum atomic E-state index is 12.5. The molecule has 27 heavy (non-hydrogen) atoms. The van der Waals surface area contributed by atoms with Crippen LogP contribution in [0.5, 0.6) is 0 Å². The molecule has 0 aliphatic rings. The van der Waals surface area contributed by atoms with Crippen molar-refractivity contribution in [2.24, 2.45) is 0 Å². The highest BCUT2D eigenvalue weighted by Crippen LogP contribution is 2.30. The molecule has 0 fully saturated rings. The van der Waals surface area contributed by atoms with Crippen molar-refractivity contribution in [1.82, 2.24) is 0 Å². The number of benzene rings is 2. The molecule has 4 nitrogen and oxygen atoms in total. The van der Waals surface area contributed by atoms with Gasteiger partial charge >= 0.3 is 6.18 Å². The Morgan fingerprint density at radius 2 is 1.74 bits per heavy atom. The summed E-state index contributed by atoms with van der Waals surface area (Å²) in [5.74, 6) is -0.670. The molecule has 2 rings (SSSR count). The Bertz CT molecular complexity index is 836. The van der Waals surface area contributed by atoms with E-state index in [1.54, 1.807) is 18.2 Å². The van der Waals surface area contributed by atoms with Crippen LogP contribution in [0.1, 0.15) is 24.5 Å². The third-order valence-electron chi connectivity index (χ3n) is 3.91. The number of anilines is 2. The van der Waals surface area contributed by atoms with E-state index >= 15 is 0 Å². The molecule has 8 heteroatoms. The van der Waals surface area contributed by atoms with Gasteiger partial charge in [-0.25, -0.2) is 0 Å². The molecule has 0 aliphatic heterocycles. The first-order valence-electron chi connectivity index (χ1n) is 8.09. The number of hydrogen-bond donors (Lipinski definition) is 1. The number of hydrogen-bond acceptors (Lipinski definition) is 2. The Hall–Kier alpha value is -2.54. The molecule has 1 N–H and O–H groups in total. The van der Waals surface area contributed by atoms with Crippen LogP contribution in [0, 0.1) is 6.92 Å². The van der Waals surface area contributed by atoms with Crippen molar-refractivity contribution in [3.05, 3.63) is 58.6 Å². The Labute approximate surface area is 159 Å².